The number of rotatable bonds is 4. The summed E-state index contributed by atoms with van der Waals surface area (Å²) < 4.78 is 0. The van der Waals surface area contributed by atoms with E-state index in [4.69, 9.17) is 5.73 Å². The van der Waals surface area contributed by atoms with Crippen molar-refractivity contribution >= 4 is 28.6 Å². The highest BCUT2D eigenvalue weighted by atomic mass is 14.9. The summed E-state index contributed by atoms with van der Waals surface area (Å²) in [6, 6.07) is 8.02. The van der Waals surface area contributed by atoms with Crippen LogP contribution in [0.2, 0.25) is 0 Å². The molecule has 0 saturated carbocycles. The first kappa shape index (κ1) is 12.6. The summed E-state index contributed by atoms with van der Waals surface area (Å²) in [5.74, 6) is 0.513. The molecule has 2 rings (SSSR count). The first-order valence-electron chi connectivity index (χ1n) is 6.41. The van der Waals surface area contributed by atoms with E-state index in [1.54, 1.807) is 0 Å². The van der Waals surface area contributed by atoms with Crippen LogP contribution in [0.1, 0.15) is 31.7 Å². The molecule has 0 aliphatic heterocycles. The lowest BCUT2D eigenvalue weighted by Gasteiger charge is -2.07. The number of aryl methyl sites for hydroxylation is 1. The monoisotopic (exact) mass is 241 g/mol. The largest absolute Gasteiger partial charge is 0.382 e. The molecular weight excluding hydrogens is 222 g/mol. The normalized spacial score (nSPS) is 11.4. The van der Waals surface area contributed by atoms with E-state index < -0.39 is 0 Å². The number of aliphatic imine (C=N–C) groups is 1. The molecular formula is C15H19N3. The minimum absolute atomic E-state index is 0.513. The van der Waals surface area contributed by atoms with Crippen LogP contribution in [0.3, 0.4) is 0 Å². The number of pyridine rings is 1. The van der Waals surface area contributed by atoms with Gasteiger partial charge in [-0.25, -0.2) is 4.98 Å². The fourth-order valence-electron chi connectivity index (χ4n) is 2.00. The number of anilines is 1. The Morgan fingerprint density at radius 3 is 2.89 bits per heavy atom. The van der Waals surface area contributed by atoms with Crippen LogP contribution in [0, 0.1) is 6.92 Å². The van der Waals surface area contributed by atoms with E-state index in [1.807, 2.05) is 31.3 Å². The number of benzene rings is 1. The lowest BCUT2D eigenvalue weighted by Crippen LogP contribution is -1.94. The molecule has 0 amide bonds. The highest BCUT2D eigenvalue weighted by molar-refractivity contribution is 5.90. The van der Waals surface area contributed by atoms with Crippen LogP contribution in [-0.4, -0.2) is 11.2 Å². The number of nitrogens with two attached hydrogens (primary N) is 1. The smallest absolute Gasteiger partial charge is 0.150 e. The van der Waals surface area contributed by atoms with Gasteiger partial charge in [0.15, 0.2) is 0 Å². The second kappa shape index (κ2) is 5.63. The Kier molecular flexibility index (Phi) is 3.92. The van der Waals surface area contributed by atoms with Gasteiger partial charge in [-0.1, -0.05) is 31.5 Å². The molecule has 94 valence electrons. The molecule has 0 radical (unpaired) electrons. The van der Waals surface area contributed by atoms with Crippen LogP contribution in [0.15, 0.2) is 29.3 Å². The van der Waals surface area contributed by atoms with Gasteiger partial charge in [0.1, 0.15) is 11.5 Å². The number of unbranched alkanes of at least 4 members (excludes halogenated alkanes) is 2. The van der Waals surface area contributed by atoms with Crippen LogP contribution in [0.25, 0.3) is 10.9 Å². The molecule has 0 saturated heterocycles. The summed E-state index contributed by atoms with van der Waals surface area (Å²) in [4.78, 5) is 8.88. The third kappa shape index (κ3) is 2.50. The van der Waals surface area contributed by atoms with Crippen molar-refractivity contribution in [3.63, 3.8) is 0 Å². The molecule has 0 spiro atoms. The number of nitrogens with zero attached hydrogens (tertiary/aromatic N) is 2. The summed E-state index contributed by atoms with van der Waals surface area (Å²) >= 11 is 0. The maximum Gasteiger partial charge on any atom is 0.150 e. The van der Waals surface area contributed by atoms with Crippen LogP contribution in [0.4, 0.5) is 11.5 Å². The predicted octanol–water partition coefficient (Wildman–Crippen LogP) is 4.02. The maximum atomic E-state index is 5.98. The molecule has 18 heavy (non-hydrogen) atoms. The minimum Gasteiger partial charge on any atom is -0.382 e. The van der Waals surface area contributed by atoms with Gasteiger partial charge >= 0.3 is 0 Å². The van der Waals surface area contributed by atoms with Crippen LogP contribution >= 0.6 is 0 Å². The number of aromatic nitrogens is 1. The van der Waals surface area contributed by atoms with Crippen molar-refractivity contribution in [2.45, 2.75) is 33.1 Å². The molecule has 0 atom stereocenters. The Hall–Kier alpha value is -1.90. The van der Waals surface area contributed by atoms with Crippen molar-refractivity contribution in [3.05, 3.63) is 29.8 Å². The topological polar surface area (TPSA) is 51.3 Å². The van der Waals surface area contributed by atoms with Crippen molar-refractivity contribution < 1.29 is 0 Å². The molecule has 3 heteroatoms. The van der Waals surface area contributed by atoms with Crippen LogP contribution < -0.4 is 5.73 Å². The Morgan fingerprint density at radius 2 is 2.11 bits per heavy atom. The van der Waals surface area contributed by atoms with E-state index in [0.717, 1.165) is 35.0 Å². The van der Waals surface area contributed by atoms with Gasteiger partial charge in [-0.15, -0.1) is 0 Å². The van der Waals surface area contributed by atoms with Crippen LogP contribution in [-0.2, 0) is 0 Å². The van der Waals surface area contributed by atoms with Gasteiger partial charge in [-0.3, -0.25) is 4.99 Å². The van der Waals surface area contributed by atoms with Crippen molar-refractivity contribution in [2.24, 2.45) is 4.99 Å². The number of fused-ring (bicyclic) bond motifs is 1. The van der Waals surface area contributed by atoms with Crippen LogP contribution in [0.5, 0.6) is 0 Å². The number of hydrogen-bond donors (Lipinski definition) is 1. The SMILES string of the molecule is CCCCC=Nc1c(N)nc2ccccc2c1C. The summed E-state index contributed by atoms with van der Waals surface area (Å²) in [5.41, 5.74) is 8.82. The van der Waals surface area contributed by atoms with E-state index in [2.05, 4.69) is 23.0 Å². The fourth-order valence-corrected chi connectivity index (χ4v) is 2.00. The highest BCUT2D eigenvalue weighted by Crippen LogP contribution is 2.30. The van der Waals surface area contributed by atoms with Gasteiger partial charge in [0, 0.05) is 11.6 Å². The predicted molar refractivity (Wildman–Crippen MR) is 78.6 cm³/mol. The molecule has 1 aromatic carbocycles. The molecule has 0 aliphatic rings. The third-order valence-electron chi connectivity index (χ3n) is 3.05. The van der Waals surface area contributed by atoms with E-state index in [9.17, 15) is 0 Å². The number of para-hydroxylation sites is 1. The second-order valence-corrected chi connectivity index (χ2v) is 4.44. The average molecular weight is 241 g/mol. The van der Waals surface area contributed by atoms with Gasteiger partial charge in [-0.2, -0.15) is 0 Å². The van der Waals surface area contributed by atoms with Crippen molar-refractivity contribution in [2.75, 3.05) is 5.73 Å². The zero-order chi connectivity index (χ0) is 13.0. The Balaban J connectivity index is 2.41. The zero-order valence-corrected chi connectivity index (χ0v) is 11.0. The van der Waals surface area contributed by atoms with Gasteiger partial charge in [-0.05, 0) is 31.4 Å². The Bertz CT molecular complexity index is 573. The molecule has 0 fully saturated rings. The van der Waals surface area contributed by atoms with Gasteiger partial charge in [0.25, 0.3) is 0 Å². The van der Waals surface area contributed by atoms with E-state index in [-0.39, 0.29) is 0 Å². The number of hydrogen-bond acceptors (Lipinski definition) is 3. The molecule has 1 aromatic heterocycles. The maximum absolute atomic E-state index is 5.98. The third-order valence-corrected chi connectivity index (χ3v) is 3.05. The highest BCUT2D eigenvalue weighted by Gasteiger charge is 2.07. The quantitative estimate of drug-likeness (QED) is 0.649. The zero-order valence-electron chi connectivity index (χ0n) is 11.0. The minimum atomic E-state index is 0.513. The Morgan fingerprint density at radius 1 is 1.33 bits per heavy atom. The summed E-state index contributed by atoms with van der Waals surface area (Å²) in [6.07, 6.45) is 5.26. The summed E-state index contributed by atoms with van der Waals surface area (Å²) in [6.45, 7) is 4.22. The summed E-state index contributed by atoms with van der Waals surface area (Å²) in [5, 5.41) is 1.12. The van der Waals surface area contributed by atoms with Gasteiger partial charge in [0.2, 0.25) is 0 Å². The van der Waals surface area contributed by atoms with Crippen molar-refractivity contribution in [1.82, 2.24) is 4.98 Å². The molecule has 1 heterocycles. The molecule has 0 unspecified atom stereocenters. The lowest BCUT2D eigenvalue weighted by molar-refractivity contribution is 0.842. The Labute approximate surface area is 108 Å². The first-order valence-corrected chi connectivity index (χ1v) is 6.41. The molecule has 2 aromatic rings. The molecule has 2 N–H and O–H groups in total. The summed E-state index contributed by atoms with van der Waals surface area (Å²) in [7, 11) is 0. The lowest BCUT2D eigenvalue weighted by atomic mass is 10.1. The molecule has 0 bridgehead atoms. The van der Waals surface area contributed by atoms with E-state index >= 15 is 0 Å². The molecule has 3 nitrogen and oxygen atoms in total. The second-order valence-electron chi connectivity index (χ2n) is 4.44. The van der Waals surface area contributed by atoms with Crippen molar-refractivity contribution in [1.29, 1.82) is 0 Å². The van der Waals surface area contributed by atoms with Gasteiger partial charge in [0.05, 0.1) is 5.52 Å². The molecule has 0 aliphatic carbocycles. The van der Waals surface area contributed by atoms with Gasteiger partial charge < -0.3 is 5.73 Å². The number of nitrogen functional groups attached to an aromatic ring is 1. The average Bonchev–Trinajstić information content (AvgIpc) is 2.38. The first-order chi connectivity index (χ1) is 8.74. The van der Waals surface area contributed by atoms with E-state index in [0.29, 0.717) is 5.82 Å². The van der Waals surface area contributed by atoms with Crippen molar-refractivity contribution in [3.8, 4) is 0 Å². The standard InChI is InChI=1S/C15H19N3/c1-3-4-7-10-17-14-11(2)12-8-5-6-9-13(12)18-15(14)16/h5-6,8-10H,3-4,7H2,1-2H3,(H2,16,18). The van der Waals surface area contributed by atoms with E-state index in [1.165, 1.54) is 6.42 Å². The fraction of sp³-hybridized carbons (Fsp3) is 0.333.